The number of carbonyl (C=O) groups excluding carboxylic acids is 1. The molecule has 2 aromatic rings. The first-order chi connectivity index (χ1) is 23.1. The van der Waals surface area contributed by atoms with Crippen molar-refractivity contribution in [2.75, 3.05) is 53.3 Å². The smallest absolute Gasteiger partial charge is 0.490 e. The predicted octanol–water partition coefficient (Wildman–Crippen LogP) is 5.50. The van der Waals surface area contributed by atoms with Gasteiger partial charge in [0.25, 0.3) is 0 Å². The molecule has 50 heavy (non-hydrogen) atoms. The Hall–Kier alpha value is -4.39. The summed E-state index contributed by atoms with van der Waals surface area (Å²) in [4.78, 5) is 35.2. The van der Waals surface area contributed by atoms with Crippen molar-refractivity contribution >= 4 is 23.7 Å². The molecule has 0 spiro atoms. The Balaban J connectivity index is 0.000000521. The maximum Gasteiger partial charge on any atom is 0.490 e. The number of carboxylic acid groups (broad SMARTS) is 2. The highest BCUT2D eigenvalue weighted by Gasteiger charge is 2.51. The molecule has 3 unspecified atom stereocenters. The number of alkyl halides is 6. The zero-order valence-corrected chi connectivity index (χ0v) is 27.4. The molecule has 0 radical (unpaired) electrons. The molecule has 2 aliphatic rings. The van der Waals surface area contributed by atoms with Crippen LogP contribution < -0.4 is 20.1 Å². The van der Waals surface area contributed by atoms with Gasteiger partial charge in [-0.25, -0.2) is 23.2 Å². The van der Waals surface area contributed by atoms with Gasteiger partial charge in [0.1, 0.15) is 0 Å². The summed E-state index contributed by atoms with van der Waals surface area (Å²) in [5, 5.41) is 19.9. The van der Waals surface area contributed by atoms with E-state index in [9.17, 15) is 39.9 Å². The molecule has 280 valence electrons. The molecule has 1 aliphatic carbocycles. The number of rotatable bonds is 8. The Morgan fingerprint density at radius 2 is 1.48 bits per heavy atom. The topological polar surface area (TPSA) is 141 Å². The number of likely N-dealkylation sites (tertiary alicyclic amines) is 1. The summed E-state index contributed by atoms with van der Waals surface area (Å²) in [6.07, 6.45) is -6.60. The molecular weight excluding hydrogens is 692 g/mol. The fourth-order valence-corrected chi connectivity index (χ4v) is 5.78. The van der Waals surface area contributed by atoms with E-state index >= 15 is 0 Å². The van der Waals surface area contributed by atoms with Crippen LogP contribution in [0.5, 0.6) is 11.5 Å². The van der Waals surface area contributed by atoms with Crippen LogP contribution in [0.15, 0.2) is 36.4 Å². The second-order valence-electron chi connectivity index (χ2n) is 11.6. The third kappa shape index (κ3) is 11.6. The van der Waals surface area contributed by atoms with Crippen LogP contribution in [0.25, 0.3) is 0 Å². The van der Waals surface area contributed by atoms with Gasteiger partial charge in [-0.3, -0.25) is 4.90 Å². The molecule has 3 atom stereocenters. The van der Waals surface area contributed by atoms with Crippen LogP contribution in [0.3, 0.4) is 0 Å². The number of aliphatic carboxylic acids is 2. The van der Waals surface area contributed by atoms with Crippen LogP contribution in [0.4, 0.5) is 45.6 Å². The number of amides is 2. The lowest BCUT2D eigenvalue weighted by Crippen LogP contribution is -2.53. The van der Waals surface area contributed by atoms with Crippen LogP contribution in [-0.4, -0.2) is 110 Å². The third-order valence-corrected chi connectivity index (χ3v) is 8.16. The van der Waals surface area contributed by atoms with Gasteiger partial charge in [0.2, 0.25) is 0 Å². The van der Waals surface area contributed by atoms with Crippen molar-refractivity contribution in [2.24, 2.45) is 0 Å². The number of likely N-dealkylation sites (N-methyl/N-ethyl adjacent to an activating group) is 1. The number of carbonyl (C=O) groups is 3. The number of hydrogen-bond donors (Lipinski definition) is 4. The number of hydrogen-bond acceptors (Lipinski definition) is 7. The Labute approximate surface area is 282 Å². The second-order valence-corrected chi connectivity index (χ2v) is 11.6. The minimum Gasteiger partial charge on any atom is -0.493 e. The molecule has 11 nitrogen and oxygen atoms in total. The van der Waals surface area contributed by atoms with E-state index in [4.69, 9.17) is 29.3 Å². The van der Waals surface area contributed by atoms with Crippen molar-refractivity contribution in [1.82, 2.24) is 15.1 Å². The highest BCUT2D eigenvalue weighted by Crippen LogP contribution is 2.50. The van der Waals surface area contributed by atoms with Gasteiger partial charge < -0.3 is 35.2 Å². The number of fused-ring (bicyclic) bond motifs is 1. The lowest BCUT2D eigenvalue weighted by atomic mass is 9.65. The average molecular weight is 731 g/mol. The van der Waals surface area contributed by atoms with Crippen molar-refractivity contribution in [1.29, 1.82) is 0 Å². The minimum atomic E-state index is -5.08. The summed E-state index contributed by atoms with van der Waals surface area (Å²) in [5.41, 5.74) is 1.42. The lowest BCUT2D eigenvalue weighted by Gasteiger charge is -2.45. The molecule has 4 rings (SSSR count). The van der Waals surface area contributed by atoms with Crippen LogP contribution in [0.2, 0.25) is 0 Å². The van der Waals surface area contributed by atoms with E-state index in [0.29, 0.717) is 5.75 Å². The van der Waals surface area contributed by atoms with E-state index in [1.165, 1.54) is 11.6 Å². The minimum absolute atomic E-state index is 0.0338. The van der Waals surface area contributed by atoms with Crippen molar-refractivity contribution in [2.45, 2.75) is 55.5 Å². The normalized spacial score (nSPS) is 20.3. The van der Waals surface area contributed by atoms with Crippen LogP contribution in [-0.2, 0) is 15.0 Å². The van der Waals surface area contributed by atoms with E-state index in [0.717, 1.165) is 63.2 Å². The number of urea groups is 1. The van der Waals surface area contributed by atoms with Gasteiger partial charge >= 0.3 is 30.3 Å². The summed E-state index contributed by atoms with van der Waals surface area (Å²) in [6, 6.07) is 9.36. The molecule has 1 saturated heterocycles. The van der Waals surface area contributed by atoms with Gasteiger partial charge in [0, 0.05) is 42.3 Å². The van der Waals surface area contributed by atoms with E-state index in [1.807, 2.05) is 6.07 Å². The summed E-state index contributed by atoms with van der Waals surface area (Å²) in [5.74, 6) is -6.02. The number of nitrogens with one attached hydrogen (secondary N) is 2. The third-order valence-electron chi connectivity index (χ3n) is 8.16. The molecular formula is C31H38F8N4O7. The average Bonchev–Trinajstić information content (AvgIpc) is 3.40. The number of anilines is 1. The van der Waals surface area contributed by atoms with Gasteiger partial charge in [0.15, 0.2) is 23.1 Å². The van der Waals surface area contributed by atoms with Crippen molar-refractivity contribution < 1.29 is 69.2 Å². The summed E-state index contributed by atoms with van der Waals surface area (Å²) in [6.45, 7) is 2.88. The van der Waals surface area contributed by atoms with E-state index < -0.39 is 42.0 Å². The Kier molecular flexibility index (Phi) is 14.6. The van der Waals surface area contributed by atoms with Gasteiger partial charge in [-0.15, -0.1) is 0 Å². The van der Waals surface area contributed by atoms with Crippen molar-refractivity contribution in [3.8, 4) is 11.5 Å². The number of ether oxygens (including phenoxy) is 2. The summed E-state index contributed by atoms with van der Waals surface area (Å²) in [7, 11) is 7.44. The Bertz CT molecular complexity index is 1450. The van der Waals surface area contributed by atoms with Gasteiger partial charge in [-0.05, 0) is 76.2 Å². The number of nitrogens with zero attached hydrogens (tertiary/aromatic N) is 2. The molecule has 19 heteroatoms. The van der Waals surface area contributed by atoms with Crippen molar-refractivity contribution in [3.05, 3.63) is 53.6 Å². The number of carboxylic acids is 2. The molecule has 0 bridgehead atoms. The van der Waals surface area contributed by atoms with E-state index in [-0.39, 0.29) is 23.2 Å². The lowest BCUT2D eigenvalue weighted by molar-refractivity contribution is -0.193. The molecule has 0 aromatic heterocycles. The molecule has 4 N–H and O–H groups in total. The van der Waals surface area contributed by atoms with Crippen LogP contribution in [0.1, 0.15) is 31.2 Å². The highest BCUT2D eigenvalue weighted by molar-refractivity contribution is 5.89. The zero-order valence-electron chi connectivity index (χ0n) is 27.4. The SMILES string of the molecule is COc1ccc(C23CCC(NC(=O)Nc4ccc(F)c(F)c4)CC2N(CCN(C)C)CC3)cc1OC.O=C(O)C(F)(F)F.O=C(O)C(F)(F)F. The maximum absolute atomic E-state index is 13.5. The fourth-order valence-electron chi connectivity index (χ4n) is 5.78. The number of methoxy groups -OCH3 is 2. The summed E-state index contributed by atoms with van der Waals surface area (Å²) < 4.78 is 101. The largest absolute Gasteiger partial charge is 0.493 e. The molecule has 1 heterocycles. The molecule has 1 aliphatic heterocycles. The second kappa shape index (κ2) is 17.5. The molecule has 2 amide bonds. The van der Waals surface area contributed by atoms with E-state index in [2.05, 4.69) is 46.7 Å². The molecule has 2 aromatic carbocycles. The van der Waals surface area contributed by atoms with E-state index in [1.54, 1.807) is 14.2 Å². The van der Waals surface area contributed by atoms with Gasteiger partial charge in [-0.1, -0.05) is 6.07 Å². The standard InChI is InChI=1S/C27H36F2N4O3.2C2HF3O2/c1-32(2)13-14-33-12-11-27(18-5-8-23(35-3)24(15-18)36-4)10-9-20(17-25(27)33)31-26(34)30-19-6-7-21(28)22(29)16-19;2*3-2(4,5)1(6)7/h5-8,15-16,20,25H,9-14,17H2,1-4H3,(H2,30,31,34);2*(H,6,7). The quantitative estimate of drug-likeness (QED) is 0.260. The summed E-state index contributed by atoms with van der Waals surface area (Å²) >= 11 is 0. The maximum atomic E-state index is 13.5. The highest BCUT2D eigenvalue weighted by atomic mass is 19.4. The number of halogens is 8. The van der Waals surface area contributed by atoms with Gasteiger partial charge in [-0.2, -0.15) is 26.3 Å². The first kappa shape index (κ1) is 41.8. The Morgan fingerprint density at radius 1 is 0.900 bits per heavy atom. The Morgan fingerprint density at radius 3 is 1.98 bits per heavy atom. The van der Waals surface area contributed by atoms with Crippen molar-refractivity contribution in [3.63, 3.8) is 0 Å². The first-order valence-corrected chi connectivity index (χ1v) is 14.9. The number of benzene rings is 2. The molecule has 2 fully saturated rings. The van der Waals surface area contributed by atoms with Crippen LogP contribution in [0, 0.1) is 11.6 Å². The zero-order chi connectivity index (χ0) is 38.0. The van der Waals surface area contributed by atoms with Crippen LogP contribution >= 0.6 is 0 Å². The predicted molar refractivity (Wildman–Crippen MR) is 163 cm³/mol. The van der Waals surface area contributed by atoms with Gasteiger partial charge in [0.05, 0.1) is 14.2 Å². The molecule has 1 saturated carbocycles. The first-order valence-electron chi connectivity index (χ1n) is 14.9. The fraction of sp³-hybridized carbons (Fsp3) is 0.516. The monoisotopic (exact) mass is 730 g/mol.